The van der Waals surface area contributed by atoms with Gasteiger partial charge < -0.3 is 33.0 Å². The Kier molecular flexibility index (Phi) is 14.7. The summed E-state index contributed by atoms with van der Waals surface area (Å²) < 4.78 is 40.4. The molecule has 0 saturated carbocycles. The lowest BCUT2D eigenvalue weighted by Crippen LogP contribution is -2.41. The van der Waals surface area contributed by atoms with Gasteiger partial charge in [-0.05, 0) is 76.3 Å². The van der Waals surface area contributed by atoms with Crippen molar-refractivity contribution in [2.75, 3.05) is 14.2 Å². The van der Waals surface area contributed by atoms with E-state index in [0.29, 0.717) is 58.5 Å². The zero-order valence-corrected chi connectivity index (χ0v) is 38.9. The van der Waals surface area contributed by atoms with Gasteiger partial charge in [0.15, 0.2) is 0 Å². The number of carbonyl (C=O) groups is 1. The summed E-state index contributed by atoms with van der Waals surface area (Å²) in [5.41, 5.74) is 4.54. The van der Waals surface area contributed by atoms with Gasteiger partial charge in [-0.1, -0.05) is 133 Å². The molecule has 0 atom stereocenters. The van der Waals surface area contributed by atoms with Crippen LogP contribution < -0.4 is 30.2 Å². The fraction of sp³-hybridized carbons (Fsp3) is 0.155. The highest BCUT2D eigenvalue weighted by molar-refractivity contribution is 6.17. The fourth-order valence-electron chi connectivity index (χ4n) is 8.30. The van der Waals surface area contributed by atoms with Crippen molar-refractivity contribution in [3.8, 4) is 34.1 Å². The van der Waals surface area contributed by atoms with Crippen LogP contribution in [0.4, 0.5) is 0 Å². The van der Waals surface area contributed by atoms with E-state index in [1.54, 1.807) is 55.2 Å². The van der Waals surface area contributed by atoms with Crippen molar-refractivity contribution in [3.05, 3.63) is 248 Å². The summed E-state index contributed by atoms with van der Waals surface area (Å²) in [7, 11) is 3.11. The van der Waals surface area contributed by atoms with E-state index in [-0.39, 0.29) is 49.9 Å². The lowest BCUT2D eigenvalue weighted by molar-refractivity contribution is 0.0461. The summed E-state index contributed by atoms with van der Waals surface area (Å²) in [6, 6.07) is 58.2. The molecule has 12 heteroatoms. The summed E-state index contributed by atoms with van der Waals surface area (Å²) >= 11 is 0. The largest absolute Gasteiger partial charge is 0.497 e. The maximum absolute atomic E-state index is 15.6. The van der Waals surface area contributed by atoms with Gasteiger partial charge in [-0.25, -0.2) is 9.36 Å². The number of ether oxygens (including phenoxy) is 6. The third-order valence-electron chi connectivity index (χ3n) is 11.9. The molecule has 0 aliphatic heterocycles. The summed E-state index contributed by atoms with van der Waals surface area (Å²) in [5.74, 6) is 1.77. The summed E-state index contributed by atoms with van der Waals surface area (Å²) in [6.45, 7) is 0.311. The van der Waals surface area contributed by atoms with Crippen molar-refractivity contribution in [3.63, 3.8) is 0 Å². The van der Waals surface area contributed by atoms with Gasteiger partial charge in [-0.3, -0.25) is 14.2 Å². The lowest BCUT2D eigenvalue weighted by Gasteiger charge is -2.18. The zero-order valence-electron chi connectivity index (χ0n) is 38.9. The first kappa shape index (κ1) is 46.7. The molecule has 0 radical (unpaired) electrons. The van der Waals surface area contributed by atoms with Gasteiger partial charge in [-0.15, -0.1) is 0 Å². The van der Waals surface area contributed by atoms with E-state index in [2.05, 4.69) is 0 Å². The predicted octanol–water partition coefficient (Wildman–Crippen LogP) is 10.4. The molecule has 2 heterocycles. The Labute approximate surface area is 405 Å². The van der Waals surface area contributed by atoms with Gasteiger partial charge in [0.1, 0.15) is 61.0 Å². The van der Waals surface area contributed by atoms with Crippen molar-refractivity contribution < 1.29 is 33.2 Å². The quantitative estimate of drug-likeness (QED) is 0.0648. The molecule has 0 N–H and O–H groups in total. The van der Waals surface area contributed by atoms with Crippen LogP contribution in [0, 0.1) is 0 Å². The Hall–Kier alpha value is -8.45. The molecule has 0 aliphatic rings. The second-order valence-electron chi connectivity index (χ2n) is 16.5. The predicted molar refractivity (Wildman–Crippen MR) is 268 cm³/mol. The minimum absolute atomic E-state index is 0.00658. The molecule has 7 aromatic carbocycles. The Bertz CT molecular complexity index is 3300. The van der Waals surface area contributed by atoms with Crippen LogP contribution in [0.2, 0.25) is 0 Å². The molecule has 9 aromatic rings. The molecule has 0 spiro atoms. The molecule has 0 fully saturated rings. The van der Waals surface area contributed by atoms with Crippen molar-refractivity contribution in [2.24, 2.45) is 0 Å². The van der Waals surface area contributed by atoms with E-state index in [9.17, 15) is 0 Å². The van der Waals surface area contributed by atoms with Crippen LogP contribution in [0.5, 0.6) is 23.0 Å². The van der Waals surface area contributed by atoms with Gasteiger partial charge in [0.2, 0.25) is 5.78 Å². The monoisotopic (exact) mass is 933 g/mol. The fourth-order valence-corrected chi connectivity index (χ4v) is 8.30. The van der Waals surface area contributed by atoms with Crippen molar-refractivity contribution in [1.82, 2.24) is 13.7 Å². The van der Waals surface area contributed by atoms with E-state index in [0.717, 1.165) is 26.8 Å². The van der Waals surface area contributed by atoms with Crippen molar-refractivity contribution in [1.29, 1.82) is 0 Å². The van der Waals surface area contributed by atoms with Crippen LogP contribution in [0.1, 0.15) is 43.9 Å². The Balaban J connectivity index is 1.25. The number of hydrogen-bond donors (Lipinski definition) is 0. The molecule has 2 aromatic heterocycles. The Morgan fingerprint density at radius 3 is 1.46 bits per heavy atom. The molecule has 352 valence electrons. The minimum atomic E-state index is -0.686. The molecule has 0 aliphatic carbocycles. The molecule has 0 bridgehead atoms. The number of fused-ring (bicyclic) bond motifs is 1. The van der Waals surface area contributed by atoms with Gasteiger partial charge in [0.05, 0.1) is 39.4 Å². The topological polar surface area (TPSA) is 121 Å². The van der Waals surface area contributed by atoms with Gasteiger partial charge in [-0.2, -0.15) is 0 Å². The highest BCUT2D eigenvalue weighted by atomic mass is 16.5. The number of carbonyl (C=O) groups excluding carboxylic acids is 1. The lowest BCUT2D eigenvalue weighted by atomic mass is 9.98. The van der Waals surface area contributed by atoms with Gasteiger partial charge in [0.25, 0.3) is 5.56 Å². The van der Waals surface area contributed by atoms with Crippen LogP contribution in [-0.2, 0) is 55.9 Å². The molecule has 9 rings (SSSR count). The Morgan fingerprint density at radius 1 is 0.486 bits per heavy atom. The maximum Gasteiger partial charge on any atom is 0.336 e. The van der Waals surface area contributed by atoms with Gasteiger partial charge in [0, 0.05) is 22.8 Å². The number of ketones is 1. The molecule has 70 heavy (non-hydrogen) atoms. The molecule has 0 saturated heterocycles. The van der Waals surface area contributed by atoms with Crippen LogP contribution in [0.25, 0.3) is 22.2 Å². The second kappa shape index (κ2) is 22.1. The third kappa shape index (κ3) is 10.6. The summed E-state index contributed by atoms with van der Waals surface area (Å²) in [6.07, 6.45) is 0. The standard InChI is InChI=1S/C58H51N3O9/c1-65-50-32-27-47(51(33-50)66-2)34-59-54(55(62)46-25-30-49(31-26-46)70-38-44-21-13-6-14-22-44)52(45-23-28-48(29-24-45)69-37-43-19-11-5-12-20-43)53-56(59)60(39-67-35-41-15-7-3-8-16-41)58(64)61(57(53)63)40-68-36-42-17-9-4-10-18-42/h3-33H,34-40H2,1-2H3. The number of aromatic nitrogens is 3. The summed E-state index contributed by atoms with van der Waals surface area (Å²) in [4.78, 5) is 46.1. The first-order valence-electron chi connectivity index (χ1n) is 22.8. The molecule has 0 amide bonds. The second-order valence-corrected chi connectivity index (χ2v) is 16.5. The molecule has 12 nitrogen and oxygen atoms in total. The molecular formula is C58H51N3O9. The zero-order chi connectivity index (χ0) is 48.2. The normalized spacial score (nSPS) is 11.1. The molecule has 0 unspecified atom stereocenters. The minimum Gasteiger partial charge on any atom is -0.497 e. The summed E-state index contributed by atoms with van der Waals surface area (Å²) in [5, 5.41) is 0.114. The average molecular weight is 934 g/mol. The third-order valence-corrected chi connectivity index (χ3v) is 11.9. The van der Waals surface area contributed by atoms with Crippen LogP contribution in [0.3, 0.4) is 0 Å². The first-order valence-corrected chi connectivity index (χ1v) is 22.8. The number of hydrogen-bond acceptors (Lipinski definition) is 9. The number of benzene rings is 7. The van der Waals surface area contributed by atoms with E-state index in [4.69, 9.17) is 28.4 Å². The smallest absolute Gasteiger partial charge is 0.336 e. The maximum atomic E-state index is 15.6. The van der Waals surface area contributed by atoms with E-state index < -0.39 is 17.0 Å². The highest BCUT2D eigenvalue weighted by Crippen LogP contribution is 2.38. The van der Waals surface area contributed by atoms with Crippen LogP contribution in [0.15, 0.2) is 198 Å². The van der Waals surface area contributed by atoms with E-state index in [1.807, 2.05) is 152 Å². The van der Waals surface area contributed by atoms with Gasteiger partial charge >= 0.3 is 5.69 Å². The average Bonchev–Trinajstić information content (AvgIpc) is 3.75. The molecular weight excluding hydrogens is 883 g/mol. The van der Waals surface area contributed by atoms with Crippen molar-refractivity contribution in [2.45, 2.75) is 46.4 Å². The van der Waals surface area contributed by atoms with E-state index in [1.165, 1.54) is 4.57 Å². The first-order chi connectivity index (χ1) is 34.4. The number of rotatable bonds is 21. The number of nitrogens with zero attached hydrogens (tertiary/aromatic N) is 3. The van der Waals surface area contributed by atoms with E-state index >= 15 is 14.4 Å². The highest BCUT2D eigenvalue weighted by Gasteiger charge is 2.31. The van der Waals surface area contributed by atoms with Crippen molar-refractivity contribution >= 4 is 16.8 Å². The SMILES string of the molecule is COc1ccc(Cn2c(C(=O)c3ccc(OCc4ccccc4)cc3)c(-c3ccc(OCc4ccccc4)cc3)c3c(=O)n(COCc4ccccc4)c(=O)n(COCc4ccccc4)c32)c(OC)c1. The van der Waals surface area contributed by atoms with Crippen LogP contribution in [-0.4, -0.2) is 33.7 Å². The number of methoxy groups -OCH3 is 2. The Morgan fingerprint density at radius 2 is 0.957 bits per heavy atom. The van der Waals surface area contributed by atoms with Crippen LogP contribution >= 0.6 is 0 Å².